The molecule has 0 unspecified atom stereocenters. The lowest BCUT2D eigenvalue weighted by Gasteiger charge is -2.08. The highest BCUT2D eigenvalue weighted by molar-refractivity contribution is 6.33. The lowest BCUT2D eigenvalue weighted by atomic mass is 10.1. The Labute approximate surface area is 115 Å². The zero-order valence-corrected chi connectivity index (χ0v) is 11.2. The molecule has 0 saturated carbocycles. The van der Waals surface area contributed by atoms with Gasteiger partial charge in [0.15, 0.2) is 0 Å². The van der Waals surface area contributed by atoms with Crippen molar-refractivity contribution in [3.8, 4) is 17.0 Å². The molecule has 4 nitrogen and oxygen atoms in total. The van der Waals surface area contributed by atoms with E-state index in [2.05, 4.69) is 9.97 Å². The molecule has 0 aliphatic heterocycles. The first-order valence-corrected chi connectivity index (χ1v) is 6.08. The monoisotopic (exact) mass is 283 g/mol. The molecule has 6 heteroatoms. The Balaban J connectivity index is 2.44. The molecule has 2 N–H and O–H groups in total. The minimum Gasteiger partial charge on any atom is -0.494 e. The zero-order chi connectivity index (χ0) is 13.1. The average molecular weight is 284 g/mol. The third-order valence-corrected chi connectivity index (χ3v) is 2.75. The SMILES string of the molecule is CCOc1ccc(-c2cc(Cl)nc(N)n2)c(Cl)c1. The van der Waals surface area contributed by atoms with Crippen LogP contribution in [0.1, 0.15) is 6.92 Å². The first-order chi connectivity index (χ1) is 8.60. The van der Waals surface area contributed by atoms with Crippen LogP contribution in [0.3, 0.4) is 0 Å². The van der Waals surface area contributed by atoms with E-state index >= 15 is 0 Å². The Morgan fingerprint density at radius 2 is 2.00 bits per heavy atom. The van der Waals surface area contributed by atoms with E-state index < -0.39 is 0 Å². The number of hydrogen-bond donors (Lipinski definition) is 1. The third kappa shape index (κ3) is 2.83. The van der Waals surface area contributed by atoms with Crippen molar-refractivity contribution >= 4 is 29.2 Å². The van der Waals surface area contributed by atoms with Crippen LogP contribution < -0.4 is 10.5 Å². The zero-order valence-electron chi connectivity index (χ0n) is 9.65. The van der Waals surface area contributed by atoms with E-state index in [1.54, 1.807) is 12.1 Å². The summed E-state index contributed by atoms with van der Waals surface area (Å²) in [4.78, 5) is 7.90. The van der Waals surface area contributed by atoms with Crippen LogP contribution in [0.5, 0.6) is 5.75 Å². The number of aromatic nitrogens is 2. The van der Waals surface area contributed by atoms with E-state index in [-0.39, 0.29) is 11.1 Å². The van der Waals surface area contributed by atoms with Crippen molar-refractivity contribution in [1.29, 1.82) is 0 Å². The molecule has 0 aliphatic carbocycles. The smallest absolute Gasteiger partial charge is 0.221 e. The number of halogens is 2. The lowest BCUT2D eigenvalue weighted by molar-refractivity contribution is 0.340. The van der Waals surface area contributed by atoms with Gasteiger partial charge in [0.05, 0.1) is 17.3 Å². The normalized spacial score (nSPS) is 10.4. The predicted octanol–water partition coefficient (Wildman–Crippen LogP) is 3.43. The highest BCUT2D eigenvalue weighted by atomic mass is 35.5. The molecular formula is C12H11Cl2N3O. The summed E-state index contributed by atoms with van der Waals surface area (Å²) in [5.74, 6) is 0.821. The van der Waals surface area contributed by atoms with E-state index in [9.17, 15) is 0 Å². The van der Waals surface area contributed by atoms with E-state index in [4.69, 9.17) is 33.7 Å². The van der Waals surface area contributed by atoms with Crippen LogP contribution in [-0.2, 0) is 0 Å². The second kappa shape index (κ2) is 5.42. The van der Waals surface area contributed by atoms with Crippen molar-refractivity contribution in [2.75, 3.05) is 12.3 Å². The van der Waals surface area contributed by atoms with Gasteiger partial charge in [0, 0.05) is 11.6 Å². The van der Waals surface area contributed by atoms with Crippen molar-refractivity contribution in [2.24, 2.45) is 0 Å². The molecule has 0 aliphatic rings. The molecule has 0 radical (unpaired) electrons. The lowest BCUT2D eigenvalue weighted by Crippen LogP contribution is -1.97. The molecule has 18 heavy (non-hydrogen) atoms. The van der Waals surface area contributed by atoms with E-state index in [0.717, 1.165) is 5.56 Å². The average Bonchev–Trinajstić information content (AvgIpc) is 2.28. The van der Waals surface area contributed by atoms with Gasteiger partial charge in [-0.25, -0.2) is 9.97 Å². The molecule has 0 amide bonds. The highest BCUT2D eigenvalue weighted by Crippen LogP contribution is 2.31. The number of anilines is 1. The third-order valence-electron chi connectivity index (χ3n) is 2.24. The topological polar surface area (TPSA) is 61.0 Å². The Kier molecular flexibility index (Phi) is 3.89. The Hall–Kier alpha value is -1.52. The van der Waals surface area contributed by atoms with Crippen LogP contribution in [-0.4, -0.2) is 16.6 Å². The molecule has 94 valence electrons. The highest BCUT2D eigenvalue weighted by Gasteiger charge is 2.09. The van der Waals surface area contributed by atoms with Crippen LogP contribution in [0.4, 0.5) is 5.95 Å². The van der Waals surface area contributed by atoms with Crippen LogP contribution in [0.15, 0.2) is 24.3 Å². The summed E-state index contributed by atoms with van der Waals surface area (Å²) in [6.07, 6.45) is 0. The van der Waals surface area contributed by atoms with Gasteiger partial charge in [0.25, 0.3) is 0 Å². The molecule has 1 aromatic carbocycles. The standard InChI is InChI=1S/C12H11Cl2N3O/c1-2-18-7-3-4-8(9(13)5-7)10-6-11(14)17-12(15)16-10/h3-6H,2H2,1H3,(H2,15,16,17). The molecule has 1 aromatic heterocycles. The van der Waals surface area contributed by atoms with Gasteiger partial charge in [0.2, 0.25) is 5.95 Å². The molecular weight excluding hydrogens is 273 g/mol. The molecule has 0 bridgehead atoms. The second-order valence-corrected chi connectivity index (χ2v) is 4.30. The quantitative estimate of drug-likeness (QED) is 0.877. The molecule has 0 saturated heterocycles. The van der Waals surface area contributed by atoms with Gasteiger partial charge >= 0.3 is 0 Å². The fraction of sp³-hybridized carbons (Fsp3) is 0.167. The first kappa shape index (κ1) is 12.9. The summed E-state index contributed by atoms with van der Waals surface area (Å²) in [5, 5.41) is 0.803. The van der Waals surface area contributed by atoms with Gasteiger partial charge in [-0.1, -0.05) is 23.2 Å². The summed E-state index contributed by atoms with van der Waals surface area (Å²) in [7, 11) is 0. The number of ether oxygens (including phenoxy) is 1. The van der Waals surface area contributed by atoms with Crippen molar-refractivity contribution in [3.63, 3.8) is 0 Å². The van der Waals surface area contributed by atoms with E-state index in [1.807, 2.05) is 19.1 Å². The number of nitrogens with two attached hydrogens (primary N) is 1. The van der Waals surface area contributed by atoms with E-state index in [1.165, 1.54) is 0 Å². The number of hydrogen-bond acceptors (Lipinski definition) is 4. The fourth-order valence-electron chi connectivity index (χ4n) is 1.53. The summed E-state index contributed by atoms with van der Waals surface area (Å²) < 4.78 is 5.36. The van der Waals surface area contributed by atoms with Crippen molar-refractivity contribution in [2.45, 2.75) is 6.92 Å². The largest absolute Gasteiger partial charge is 0.494 e. The number of nitrogens with zero attached hydrogens (tertiary/aromatic N) is 2. The maximum atomic E-state index is 6.18. The van der Waals surface area contributed by atoms with Gasteiger partial charge in [0.1, 0.15) is 10.9 Å². The van der Waals surface area contributed by atoms with Crippen molar-refractivity contribution in [1.82, 2.24) is 9.97 Å². The number of nitrogen functional groups attached to an aromatic ring is 1. The molecule has 2 aromatic rings. The molecule has 0 fully saturated rings. The summed E-state index contributed by atoms with van der Waals surface area (Å²) >= 11 is 12.0. The molecule has 1 heterocycles. The maximum Gasteiger partial charge on any atom is 0.221 e. The Morgan fingerprint density at radius 3 is 2.61 bits per heavy atom. The van der Waals surface area contributed by atoms with Crippen molar-refractivity contribution in [3.05, 3.63) is 34.4 Å². The van der Waals surface area contributed by atoms with Gasteiger partial charge in [-0.05, 0) is 25.1 Å². The van der Waals surface area contributed by atoms with Gasteiger partial charge in [-0.15, -0.1) is 0 Å². The maximum absolute atomic E-state index is 6.18. The van der Waals surface area contributed by atoms with Crippen LogP contribution >= 0.6 is 23.2 Å². The minimum absolute atomic E-state index is 0.113. The minimum atomic E-state index is 0.113. The Bertz CT molecular complexity index is 555. The van der Waals surface area contributed by atoms with Gasteiger partial charge < -0.3 is 10.5 Å². The summed E-state index contributed by atoms with van der Waals surface area (Å²) in [6, 6.07) is 6.97. The number of rotatable bonds is 3. The summed E-state index contributed by atoms with van der Waals surface area (Å²) in [5.41, 5.74) is 6.87. The van der Waals surface area contributed by atoms with Crippen LogP contribution in [0.2, 0.25) is 10.2 Å². The molecule has 0 atom stereocenters. The Morgan fingerprint density at radius 1 is 1.22 bits per heavy atom. The fourth-order valence-corrected chi connectivity index (χ4v) is 1.99. The van der Waals surface area contributed by atoms with Crippen LogP contribution in [0.25, 0.3) is 11.3 Å². The van der Waals surface area contributed by atoms with Gasteiger partial charge in [-0.3, -0.25) is 0 Å². The molecule has 2 rings (SSSR count). The first-order valence-electron chi connectivity index (χ1n) is 5.33. The summed E-state index contributed by atoms with van der Waals surface area (Å²) in [6.45, 7) is 2.49. The number of benzene rings is 1. The van der Waals surface area contributed by atoms with E-state index in [0.29, 0.717) is 23.1 Å². The molecule has 0 spiro atoms. The predicted molar refractivity (Wildman–Crippen MR) is 73.1 cm³/mol. The van der Waals surface area contributed by atoms with Crippen molar-refractivity contribution < 1.29 is 4.74 Å². The van der Waals surface area contributed by atoms with Crippen LogP contribution in [0, 0.1) is 0 Å². The second-order valence-electron chi connectivity index (χ2n) is 3.51. The van der Waals surface area contributed by atoms with Gasteiger partial charge in [-0.2, -0.15) is 0 Å².